The SMILES string of the molecule is CCc1ccc(C(O)CN(CC2CC2)CC2CC2)cc1. The molecule has 1 aromatic carbocycles. The Bertz CT molecular complexity index is 406. The predicted octanol–water partition coefficient (Wildman–Crippen LogP) is 3.40. The Balaban J connectivity index is 1.56. The molecule has 0 bridgehead atoms. The van der Waals surface area contributed by atoms with Crippen LogP contribution >= 0.6 is 0 Å². The quantitative estimate of drug-likeness (QED) is 0.784. The van der Waals surface area contributed by atoms with Crippen LogP contribution in [0.15, 0.2) is 24.3 Å². The molecule has 0 radical (unpaired) electrons. The van der Waals surface area contributed by atoms with Gasteiger partial charge in [-0.05, 0) is 55.1 Å². The van der Waals surface area contributed by atoms with Crippen LogP contribution in [0.4, 0.5) is 0 Å². The summed E-state index contributed by atoms with van der Waals surface area (Å²) in [5, 5.41) is 10.5. The minimum Gasteiger partial charge on any atom is -0.387 e. The molecule has 110 valence electrons. The fraction of sp³-hybridized carbons (Fsp3) is 0.667. The largest absolute Gasteiger partial charge is 0.387 e. The maximum atomic E-state index is 10.5. The number of hydrogen-bond acceptors (Lipinski definition) is 2. The van der Waals surface area contributed by atoms with Gasteiger partial charge in [-0.25, -0.2) is 0 Å². The van der Waals surface area contributed by atoms with Crippen LogP contribution in [-0.4, -0.2) is 29.6 Å². The third-order valence-electron chi connectivity index (χ3n) is 4.63. The van der Waals surface area contributed by atoms with E-state index < -0.39 is 0 Å². The van der Waals surface area contributed by atoms with Gasteiger partial charge in [0.2, 0.25) is 0 Å². The first-order chi connectivity index (χ1) is 9.74. The lowest BCUT2D eigenvalue weighted by Gasteiger charge is -2.25. The third-order valence-corrected chi connectivity index (χ3v) is 4.63. The van der Waals surface area contributed by atoms with Gasteiger partial charge in [0, 0.05) is 19.6 Å². The molecule has 2 aliphatic carbocycles. The minimum absolute atomic E-state index is 0.335. The maximum absolute atomic E-state index is 10.5. The average Bonchev–Trinajstić information content (AvgIpc) is 3.35. The molecule has 1 atom stereocenters. The molecular weight excluding hydrogens is 246 g/mol. The van der Waals surface area contributed by atoms with Gasteiger partial charge in [-0.3, -0.25) is 4.90 Å². The Hall–Kier alpha value is -0.860. The Morgan fingerprint density at radius 1 is 1.05 bits per heavy atom. The second-order valence-electron chi connectivity index (χ2n) is 6.72. The lowest BCUT2D eigenvalue weighted by molar-refractivity contribution is 0.107. The van der Waals surface area contributed by atoms with Crippen molar-refractivity contribution >= 4 is 0 Å². The monoisotopic (exact) mass is 273 g/mol. The van der Waals surface area contributed by atoms with Crippen LogP contribution in [0.2, 0.25) is 0 Å². The molecule has 2 aliphatic rings. The van der Waals surface area contributed by atoms with Crippen molar-refractivity contribution in [3.05, 3.63) is 35.4 Å². The van der Waals surface area contributed by atoms with Gasteiger partial charge < -0.3 is 5.11 Å². The van der Waals surface area contributed by atoms with E-state index in [0.29, 0.717) is 0 Å². The van der Waals surface area contributed by atoms with Crippen LogP contribution in [0.1, 0.15) is 49.8 Å². The second-order valence-corrected chi connectivity index (χ2v) is 6.72. The van der Waals surface area contributed by atoms with Crippen LogP contribution in [0.5, 0.6) is 0 Å². The van der Waals surface area contributed by atoms with Gasteiger partial charge in [-0.1, -0.05) is 31.2 Å². The molecule has 1 N–H and O–H groups in total. The average molecular weight is 273 g/mol. The highest BCUT2D eigenvalue weighted by Gasteiger charge is 2.30. The highest BCUT2D eigenvalue weighted by atomic mass is 16.3. The fourth-order valence-electron chi connectivity index (χ4n) is 2.88. The van der Waals surface area contributed by atoms with Crippen molar-refractivity contribution in [2.24, 2.45) is 11.8 Å². The summed E-state index contributed by atoms with van der Waals surface area (Å²) in [4.78, 5) is 2.51. The molecule has 2 nitrogen and oxygen atoms in total. The molecule has 1 aromatic rings. The molecule has 0 saturated heterocycles. The zero-order valence-corrected chi connectivity index (χ0v) is 12.6. The standard InChI is InChI=1S/C18H27NO/c1-2-14-7-9-17(10-8-14)18(20)13-19(11-15-3-4-15)12-16-5-6-16/h7-10,15-16,18,20H,2-6,11-13H2,1H3. The summed E-state index contributed by atoms with van der Waals surface area (Å²) in [6.07, 6.45) is 6.29. The summed E-state index contributed by atoms with van der Waals surface area (Å²) >= 11 is 0. The summed E-state index contributed by atoms with van der Waals surface area (Å²) in [6, 6.07) is 8.47. The van der Waals surface area contributed by atoms with E-state index in [1.54, 1.807) is 0 Å². The number of rotatable bonds is 8. The van der Waals surface area contributed by atoms with Gasteiger partial charge in [-0.2, -0.15) is 0 Å². The number of hydrogen-bond donors (Lipinski definition) is 1. The number of aliphatic hydroxyl groups excluding tert-OH is 1. The van der Waals surface area contributed by atoms with Gasteiger partial charge >= 0.3 is 0 Å². The lowest BCUT2D eigenvalue weighted by Crippen LogP contribution is -2.32. The number of aliphatic hydroxyl groups is 1. The topological polar surface area (TPSA) is 23.5 Å². The third kappa shape index (κ3) is 4.07. The van der Waals surface area contributed by atoms with Crippen molar-refractivity contribution in [2.45, 2.75) is 45.1 Å². The first kappa shape index (κ1) is 14.1. The van der Waals surface area contributed by atoms with Crippen molar-refractivity contribution in [3.8, 4) is 0 Å². The molecule has 0 spiro atoms. The number of aryl methyl sites for hydroxylation is 1. The smallest absolute Gasteiger partial charge is 0.0916 e. The van der Waals surface area contributed by atoms with E-state index in [1.807, 2.05) is 0 Å². The zero-order valence-electron chi connectivity index (χ0n) is 12.6. The van der Waals surface area contributed by atoms with Crippen molar-refractivity contribution in [3.63, 3.8) is 0 Å². The van der Waals surface area contributed by atoms with Crippen LogP contribution in [0.25, 0.3) is 0 Å². The molecule has 2 heteroatoms. The molecule has 0 aliphatic heterocycles. The molecule has 1 unspecified atom stereocenters. The highest BCUT2D eigenvalue weighted by molar-refractivity contribution is 5.24. The van der Waals surface area contributed by atoms with Gasteiger partial charge in [0.1, 0.15) is 0 Å². The van der Waals surface area contributed by atoms with E-state index in [4.69, 9.17) is 0 Å². The molecule has 20 heavy (non-hydrogen) atoms. The van der Waals surface area contributed by atoms with Crippen molar-refractivity contribution < 1.29 is 5.11 Å². The van der Waals surface area contributed by atoms with Crippen LogP contribution in [0, 0.1) is 11.8 Å². The zero-order chi connectivity index (χ0) is 13.9. The summed E-state index contributed by atoms with van der Waals surface area (Å²) in [7, 11) is 0. The number of nitrogens with zero attached hydrogens (tertiary/aromatic N) is 1. The lowest BCUT2D eigenvalue weighted by atomic mass is 10.1. The Morgan fingerprint density at radius 3 is 2.05 bits per heavy atom. The summed E-state index contributed by atoms with van der Waals surface area (Å²) < 4.78 is 0. The van der Waals surface area contributed by atoms with Crippen LogP contribution in [-0.2, 0) is 6.42 Å². The highest BCUT2D eigenvalue weighted by Crippen LogP contribution is 2.34. The van der Waals surface area contributed by atoms with Gasteiger partial charge in [0.05, 0.1) is 6.10 Å². The molecule has 0 heterocycles. The van der Waals surface area contributed by atoms with E-state index in [0.717, 1.165) is 30.4 Å². The Morgan fingerprint density at radius 2 is 1.60 bits per heavy atom. The normalized spacial score (nSPS) is 20.4. The van der Waals surface area contributed by atoms with E-state index in [1.165, 1.54) is 44.3 Å². The Labute approximate surface area is 122 Å². The summed E-state index contributed by atoms with van der Waals surface area (Å²) in [5.74, 6) is 1.81. The molecule has 0 aromatic heterocycles. The molecule has 2 saturated carbocycles. The summed E-state index contributed by atoms with van der Waals surface area (Å²) in [5.41, 5.74) is 2.41. The minimum atomic E-state index is -0.335. The first-order valence-corrected chi connectivity index (χ1v) is 8.24. The summed E-state index contributed by atoms with van der Waals surface area (Å²) in [6.45, 7) is 5.36. The van der Waals surface area contributed by atoms with Crippen molar-refractivity contribution in [1.82, 2.24) is 4.90 Å². The van der Waals surface area contributed by atoms with E-state index >= 15 is 0 Å². The Kier molecular flexibility index (Phi) is 4.42. The van der Waals surface area contributed by atoms with Gasteiger partial charge in [0.15, 0.2) is 0 Å². The van der Waals surface area contributed by atoms with Crippen LogP contribution < -0.4 is 0 Å². The molecular formula is C18H27NO. The van der Waals surface area contributed by atoms with E-state index in [-0.39, 0.29) is 6.10 Å². The van der Waals surface area contributed by atoms with Gasteiger partial charge in [-0.15, -0.1) is 0 Å². The first-order valence-electron chi connectivity index (χ1n) is 8.24. The molecule has 3 rings (SSSR count). The van der Waals surface area contributed by atoms with Gasteiger partial charge in [0.25, 0.3) is 0 Å². The van der Waals surface area contributed by atoms with Crippen molar-refractivity contribution in [2.75, 3.05) is 19.6 Å². The van der Waals surface area contributed by atoms with E-state index in [9.17, 15) is 5.11 Å². The molecule has 0 amide bonds. The van der Waals surface area contributed by atoms with Crippen LogP contribution in [0.3, 0.4) is 0 Å². The molecule has 2 fully saturated rings. The number of benzene rings is 1. The second kappa shape index (κ2) is 6.28. The van der Waals surface area contributed by atoms with E-state index in [2.05, 4.69) is 36.1 Å². The predicted molar refractivity (Wildman–Crippen MR) is 82.7 cm³/mol. The fourth-order valence-corrected chi connectivity index (χ4v) is 2.88. The maximum Gasteiger partial charge on any atom is 0.0916 e. The van der Waals surface area contributed by atoms with Crippen molar-refractivity contribution in [1.29, 1.82) is 0 Å².